The Morgan fingerprint density at radius 3 is 2.69 bits per heavy atom. The first-order chi connectivity index (χ1) is 12.7. The van der Waals surface area contributed by atoms with Gasteiger partial charge in [-0.3, -0.25) is 14.6 Å². The van der Waals surface area contributed by atoms with Crippen LogP contribution in [0.5, 0.6) is 0 Å². The van der Waals surface area contributed by atoms with Crippen LogP contribution in [-0.4, -0.2) is 26.2 Å². The summed E-state index contributed by atoms with van der Waals surface area (Å²) in [5.41, 5.74) is 6.29. The van der Waals surface area contributed by atoms with Gasteiger partial charge in [-0.05, 0) is 62.1 Å². The molecule has 1 aliphatic heterocycles. The summed E-state index contributed by atoms with van der Waals surface area (Å²) in [6, 6.07) is 17.7. The summed E-state index contributed by atoms with van der Waals surface area (Å²) in [6.07, 6.45) is 5.25. The zero-order valence-corrected chi connectivity index (χ0v) is 15.6. The molecular formula is C22H26N4. The summed E-state index contributed by atoms with van der Waals surface area (Å²) in [5.74, 6) is 0. The maximum Gasteiger partial charge on any atom is 0.0581 e. The minimum atomic E-state index is 0.402. The highest BCUT2D eigenvalue weighted by Crippen LogP contribution is 2.33. The quantitative estimate of drug-likeness (QED) is 0.699. The van der Waals surface area contributed by atoms with Gasteiger partial charge in [-0.25, -0.2) is 0 Å². The van der Waals surface area contributed by atoms with E-state index in [4.69, 9.17) is 4.98 Å². The van der Waals surface area contributed by atoms with Crippen molar-refractivity contribution < 1.29 is 0 Å². The van der Waals surface area contributed by atoms with Crippen molar-refractivity contribution in [3.8, 4) is 0 Å². The minimum Gasteiger partial charge on any atom is -0.289 e. The molecule has 0 aliphatic carbocycles. The van der Waals surface area contributed by atoms with Crippen LogP contribution in [0.4, 0.5) is 0 Å². The molecule has 2 aromatic heterocycles. The highest BCUT2D eigenvalue weighted by Gasteiger charge is 2.28. The van der Waals surface area contributed by atoms with Crippen LogP contribution >= 0.6 is 0 Å². The molecule has 0 bridgehead atoms. The van der Waals surface area contributed by atoms with E-state index in [9.17, 15) is 0 Å². The SMILES string of the molecule is Cc1cc(Cc2ccccc2)cc(C2CCCN2Cc2ccnn2C)n1. The minimum absolute atomic E-state index is 0.402. The molecular weight excluding hydrogens is 320 g/mol. The molecule has 3 aromatic rings. The molecule has 1 aromatic carbocycles. The average Bonchev–Trinajstić information content (AvgIpc) is 3.25. The highest BCUT2D eigenvalue weighted by molar-refractivity contribution is 5.30. The zero-order valence-electron chi connectivity index (χ0n) is 15.6. The lowest BCUT2D eigenvalue weighted by Crippen LogP contribution is -2.25. The maximum absolute atomic E-state index is 4.90. The largest absolute Gasteiger partial charge is 0.289 e. The molecule has 0 N–H and O–H groups in total. The van der Waals surface area contributed by atoms with E-state index in [-0.39, 0.29) is 0 Å². The van der Waals surface area contributed by atoms with E-state index in [2.05, 4.69) is 65.5 Å². The molecule has 0 spiro atoms. The predicted molar refractivity (Wildman–Crippen MR) is 104 cm³/mol. The lowest BCUT2D eigenvalue weighted by atomic mass is 10.0. The van der Waals surface area contributed by atoms with E-state index in [1.165, 1.54) is 35.4 Å². The first-order valence-corrected chi connectivity index (χ1v) is 9.41. The van der Waals surface area contributed by atoms with Crippen molar-refractivity contribution in [2.45, 2.75) is 38.8 Å². The number of aryl methyl sites for hydroxylation is 2. The number of rotatable bonds is 5. The second kappa shape index (κ2) is 7.42. The van der Waals surface area contributed by atoms with E-state index in [0.29, 0.717) is 6.04 Å². The highest BCUT2D eigenvalue weighted by atomic mass is 15.3. The van der Waals surface area contributed by atoms with Gasteiger partial charge in [0.25, 0.3) is 0 Å². The molecule has 0 radical (unpaired) electrons. The van der Waals surface area contributed by atoms with Crippen LogP contribution < -0.4 is 0 Å². The molecule has 4 nitrogen and oxygen atoms in total. The van der Waals surface area contributed by atoms with Crippen LogP contribution in [0.3, 0.4) is 0 Å². The second-order valence-electron chi connectivity index (χ2n) is 7.28. The fourth-order valence-electron chi connectivity index (χ4n) is 3.99. The van der Waals surface area contributed by atoms with Crippen LogP contribution in [0.1, 0.15) is 47.1 Å². The monoisotopic (exact) mass is 346 g/mol. The smallest absolute Gasteiger partial charge is 0.0581 e. The topological polar surface area (TPSA) is 34.0 Å². The average molecular weight is 346 g/mol. The van der Waals surface area contributed by atoms with E-state index in [1.54, 1.807) is 0 Å². The van der Waals surface area contributed by atoms with E-state index in [0.717, 1.165) is 25.2 Å². The number of aromatic nitrogens is 3. The predicted octanol–water partition coefficient (Wildman–Crippen LogP) is 4.05. The van der Waals surface area contributed by atoms with Gasteiger partial charge in [-0.1, -0.05) is 30.3 Å². The molecule has 3 heterocycles. The third kappa shape index (κ3) is 3.70. The summed E-state index contributed by atoms with van der Waals surface area (Å²) in [5, 5.41) is 4.31. The Kier molecular flexibility index (Phi) is 4.85. The van der Waals surface area contributed by atoms with Gasteiger partial charge < -0.3 is 0 Å². The fraction of sp³-hybridized carbons (Fsp3) is 0.364. The molecule has 1 saturated heterocycles. The van der Waals surface area contributed by atoms with Gasteiger partial charge in [0.1, 0.15) is 0 Å². The second-order valence-corrected chi connectivity index (χ2v) is 7.28. The number of benzene rings is 1. The van der Waals surface area contributed by atoms with Crippen molar-refractivity contribution >= 4 is 0 Å². The number of pyridine rings is 1. The molecule has 0 amide bonds. The summed E-state index contributed by atoms with van der Waals surface area (Å²) in [6.45, 7) is 4.17. The summed E-state index contributed by atoms with van der Waals surface area (Å²) in [4.78, 5) is 7.44. The Balaban J connectivity index is 1.57. The lowest BCUT2D eigenvalue weighted by Gasteiger charge is -2.24. The number of hydrogen-bond donors (Lipinski definition) is 0. The third-order valence-electron chi connectivity index (χ3n) is 5.28. The summed E-state index contributed by atoms with van der Waals surface area (Å²) in [7, 11) is 2.02. The molecule has 1 unspecified atom stereocenters. The Morgan fingerprint density at radius 2 is 1.92 bits per heavy atom. The molecule has 0 saturated carbocycles. The molecule has 1 aliphatic rings. The maximum atomic E-state index is 4.90. The number of hydrogen-bond acceptors (Lipinski definition) is 3. The van der Waals surface area contributed by atoms with Gasteiger partial charge in [0.15, 0.2) is 0 Å². The van der Waals surface area contributed by atoms with Crippen molar-refractivity contribution in [3.63, 3.8) is 0 Å². The van der Waals surface area contributed by atoms with Crippen LogP contribution in [-0.2, 0) is 20.0 Å². The van der Waals surface area contributed by atoms with Gasteiger partial charge in [-0.2, -0.15) is 5.10 Å². The van der Waals surface area contributed by atoms with Crippen LogP contribution in [0.25, 0.3) is 0 Å². The van der Waals surface area contributed by atoms with Crippen molar-refractivity contribution in [1.29, 1.82) is 0 Å². The van der Waals surface area contributed by atoms with Crippen LogP contribution in [0.2, 0.25) is 0 Å². The zero-order chi connectivity index (χ0) is 17.9. The van der Waals surface area contributed by atoms with E-state index in [1.807, 2.05) is 17.9 Å². The van der Waals surface area contributed by atoms with Crippen molar-refractivity contribution in [2.75, 3.05) is 6.54 Å². The van der Waals surface area contributed by atoms with Crippen LogP contribution in [0, 0.1) is 6.92 Å². The van der Waals surface area contributed by atoms with Gasteiger partial charge in [-0.15, -0.1) is 0 Å². The van der Waals surface area contributed by atoms with Crippen molar-refractivity contribution in [3.05, 3.63) is 82.9 Å². The Morgan fingerprint density at radius 1 is 1.08 bits per heavy atom. The van der Waals surface area contributed by atoms with E-state index >= 15 is 0 Å². The normalized spacial score (nSPS) is 17.7. The van der Waals surface area contributed by atoms with Gasteiger partial charge in [0.05, 0.1) is 17.4 Å². The molecule has 26 heavy (non-hydrogen) atoms. The lowest BCUT2D eigenvalue weighted by molar-refractivity contribution is 0.238. The van der Waals surface area contributed by atoms with Crippen LogP contribution in [0.15, 0.2) is 54.7 Å². The van der Waals surface area contributed by atoms with Crippen molar-refractivity contribution in [2.24, 2.45) is 7.05 Å². The summed E-state index contributed by atoms with van der Waals surface area (Å²) >= 11 is 0. The first-order valence-electron chi connectivity index (χ1n) is 9.41. The Labute approximate surface area is 155 Å². The van der Waals surface area contributed by atoms with Crippen molar-refractivity contribution in [1.82, 2.24) is 19.7 Å². The first kappa shape index (κ1) is 17.0. The fourth-order valence-corrected chi connectivity index (χ4v) is 3.99. The standard InChI is InChI=1S/C22H26N4/c1-17-13-19(14-18-7-4-3-5-8-18)15-21(24-17)22-9-6-12-26(22)16-20-10-11-23-25(20)2/h3-5,7-8,10-11,13,15,22H,6,9,12,14,16H2,1-2H3. The van der Waals surface area contributed by atoms with E-state index < -0.39 is 0 Å². The molecule has 4 rings (SSSR count). The van der Waals surface area contributed by atoms with Gasteiger partial charge in [0.2, 0.25) is 0 Å². The number of nitrogens with zero attached hydrogens (tertiary/aromatic N) is 4. The molecule has 134 valence electrons. The number of likely N-dealkylation sites (tertiary alicyclic amines) is 1. The van der Waals surface area contributed by atoms with Gasteiger partial charge >= 0.3 is 0 Å². The third-order valence-corrected chi connectivity index (χ3v) is 5.28. The Hall–Kier alpha value is -2.46. The Bertz CT molecular complexity index is 869. The molecule has 4 heteroatoms. The van der Waals surface area contributed by atoms with Gasteiger partial charge in [0, 0.05) is 25.5 Å². The molecule has 1 atom stereocenters. The molecule has 1 fully saturated rings. The summed E-state index contributed by atoms with van der Waals surface area (Å²) < 4.78 is 1.97.